The first-order valence-electron chi connectivity index (χ1n) is 10.3. The number of hydrogen-bond acceptors (Lipinski definition) is 3. The molecule has 1 aromatic rings. The van der Waals surface area contributed by atoms with E-state index < -0.39 is 0 Å². The molecule has 0 bridgehead atoms. The molecule has 0 saturated heterocycles. The molecular formula is C24H36O3. The Morgan fingerprint density at radius 2 is 1.70 bits per heavy atom. The predicted octanol–water partition coefficient (Wildman–Crippen LogP) is 5.78. The Balaban J connectivity index is 2.03. The van der Waals surface area contributed by atoms with E-state index in [1.807, 2.05) is 6.07 Å². The van der Waals surface area contributed by atoms with Crippen molar-refractivity contribution in [2.24, 2.45) is 0 Å². The molecule has 0 aliphatic heterocycles. The van der Waals surface area contributed by atoms with Gasteiger partial charge in [0, 0.05) is 6.42 Å². The van der Waals surface area contributed by atoms with Crippen LogP contribution in [0.1, 0.15) is 69.8 Å². The first-order chi connectivity index (χ1) is 13.3. The number of benzene rings is 1. The van der Waals surface area contributed by atoms with Gasteiger partial charge in [-0.05, 0) is 56.1 Å². The van der Waals surface area contributed by atoms with Gasteiger partial charge in [0.15, 0.2) is 0 Å². The number of allylic oxidation sites excluding steroid dienone is 3. The van der Waals surface area contributed by atoms with Crippen molar-refractivity contribution >= 4 is 5.97 Å². The van der Waals surface area contributed by atoms with Crippen LogP contribution in [-0.2, 0) is 16.0 Å². The number of rotatable bonds is 15. The van der Waals surface area contributed by atoms with Gasteiger partial charge in [-0.2, -0.15) is 0 Å². The second kappa shape index (κ2) is 16.3. The summed E-state index contributed by atoms with van der Waals surface area (Å²) in [6, 6.07) is 10.5. The van der Waals surface area contributed by atoms with Gasteiger partial charge < -0.3 is 9.84 Å². The zero-order valence-electron chi connectivity index (χ0n) is 16.9. The van der Waals surface area contributed by atoms with Crippen molar-refractivity contribution in [1.82, 2.24) is 0 Å². The Labute approximate surface area is 165 Å². The Hall–Kier alpha value is -1.87. The number of aliphatic hydroxyl groups excluding tert-OH is 1. The fourth-order valence-electron chi connectivity index (χ4n) is 2.99. The van der Waals surface area contributed by atoms with Crippen molar-refractivity contribution < 1.29 is 14.6 Å². The first-order valence-corrected chi connectivity index (χ1v) is 10.3. The standard InChI is InChI=1S/C24H36O3/c1-27-24(26)20-12-7-5-3-2-4-6-9-18-23(21-25)19-14-13-17-22-15-10-8-11-16-22/h6,8-11,15-16,19,25H,2-5,7,12-14,17-18,20-21H2,1H3/b9-6+,23-19-. The van der Waals surface area contributed by atoms with Crippen molar-refractivity contribution in [2.75, 3.05) is 13.7 Å². The van der Waals surface area contributed by atoms with Crippen molar-refractivity contribution in [3.05, 3.63) is 59.7 Å². The van der Waals surface area contributed by atoms with Crippen LogP contribution in [0.25, 0.3) is 0 Å². The summed E-state index contributed by atoms with van der Waals surface area (Å²) in [5, 5.41) is 9.49. The number of aliphatic hydroxyl groups is 1. The average molecular weight is 373 g/mol. The number of unbranched alkanes of at least 4 members (excludes halogenated alkanes) is 6. The van der Waals surface area contributed by atoms with Crippen LogP contribution >= 0.6 is 0 Å². The third-order valence-corrected chi connectivity index (χ3v) is 4.67. The molecule has 3 nitrogen and oxygen atoms in total. The molecule has 0 radical (unpaired) electrons. The van der Waals surface area contributed by atoms with Crippen LogP contribution in [0.2, 0.25) is 0 Å². The van der Waals surface area contributed by atoms with E-state index in [2.05, 4.69) is 47.2 Å². The summed E-state index contributed by atoms with van der Waals surface area (Å²) < 4.78 is 4.63. The molecule has 150 valence electrons. The third kappa shape index (κ3) is 13.0. The van der Waals surface area contributed by atoms with Crippen molar-refractivity contribution in [3.8, 4) is 0 Å². The topological polar surface area (TPSA) is 46.5 Å². The fraction of sp³-hybridized carbons (Fsp3) is 0.542. The smallest absolute Gasteiger partial charge is 0.305 e. The molecule has 0 aromatic heterocycles. The zero-order chi connectivity index (χ0) is 19.6. The number of ether oxygens (including phenoxy) is 1. The average Bonchev–Trinajstić information content (AvgIpc) is 2.71. The number of esters is 1. The number of carbonyl (C=O) groups excluding carboxylic acids is 1. The highest BCUT2D eigenvalue weighted by atomic mass is 16.5. The van der Waals surface area contributed by atoms with E-state index in [9.17, 15) is 9.90 Å². The molecule has 3 heteroatoms. The van der Waals surface area contributed by atoms with Crippen LogP contribution in [0, 0.1) is 0 Å². The van der Waals surface area contributed by atoms with Gasteiger partial charge >= 0.3 is 5.97 Å². The monoisotopic (exact) mass is 372 g/mol. The highest BCUT2D eigenvalue weighted by Crippen LogP contribution is 2.11. The molecule has 1 rings (SSSR count). The lowest BCUT2D eigenvalue weighted by Gasteiger charge is -2.02. The van der Waals surface area contributed by atoms with Gasteiger partial charge in [-0.3, -0.25) is 4.79 Å². The van der Waals surface area contributed by atoms with Crippen LogP contribution in [0.15, 0.2) is 54.1 Å². The minimum Gasteiger partial charge on any atom is -0.469 e. The Morgan fingerprint density at radius 3 is 2.44 bits per heavy atom. The van der Waals surface area contributed by atoms with Gasteiger partial charge in [-0.25, -0.2) is 0 Å². The molecule has 1 aromatic carbocycles. The molecule has 0 unspecified atom stereocenters. The first kappa shape index (κ1) is 23.2. The number of aryl methyl sites for hydroxylation is 1. The van der Waals surface area contributed by atoms with Crippen molar-refractivity contribution in [3.63, 3.8) is 0 Å². The highest BCUT2D eigenvalue weighted by molar-refractivity contribution is 5.68. The maximum absolute atomic E-state index is 11.0. The van der Waals surface area contributed by atoms with Crippen LogP contribution in [0.5, 0.6) is 0 Å². The summed E-state index contributed by atoms with van der Waals surface area (Å²) >= 11 is 0. The van der Waals surface area contributed by atoms with Gasteiger partial charge in [0.05, 0.1) is 13.7 Å². The minimum atomic E-state index is -0.106. The van der Waals surface area contributed by atoms with Crippen molar-refractivity contribution in [2.45, 2.75) is 70.6 Å². The number of methoxy groups -OCH3 is 1. The molecular weight excluding hydrogens is 336 g/mol. The molecule has 0 amide bonds. The Morgan fingerprint density at radius 1 is 0.963 bits per heavy atom. The minimum absolute atomic E-state index is 0.106. The van der Waals surface area contributed by atoms with Gasteiger partial charge in [-0.15, -0.1) is 0 Å². The molecule has 27 heavy (non-hydrogen) atoms. The third-order valence-electron chi connectivity index (χ3n) is 4.67. The van der Waals surface area contributed by atoms with Gasteiger partial charge in [0.25, 0.3) is 0 Å². The maximum Gasteiger partial charge on any atom is 0.305 e. The van der Waals surface area contributed by atoms with Gasteiger partial charge in [-0.1, -0.05) is 67.8 Å². The lowest BCUT2D eigenvalue weighted by molar-refractivity contribution is -0.140. The summed E-state index contributed by atoms with van der Waals surface area (Å²) in [6.07, 6.45) is 17.9. The second-order valence-electron chi connectivity index (χ2n) is 6.96. The van der Waals surface area contributed by atoms with Gasteiger partial charge in [0.2, 0.25) is 0 Å². The van der Waals surface area contributed by atoms with E-state index in [0.29, 0.717) is 6.42 Å². The van der Waals surface area contributed by atoms with E-state index in [0.717, 1.165) is 50.5 Å². The summed E-state index contributed by atoms with van der Waals surface area (Å²) in [4.78, 5) is 11.0. The van der Waals surface area contributed by atoms with E-state index >= 15 is 0 Å². The normalized spacial score (nSPS) is 11.9. The Bertz CT molecular complexity index is 546. The largest absolute Gasteiger partial charge is 0.469 e. The van der Waals surface area contributed by atoms with Crippen LogP contribution in [-0.4, -0.2) is 24.8 Å². The second-order valence-corrected chi connectivity index (χ2v) is 6.96. The predicted molar refractivity (Wildman–Crippen MR) is 113 cm³/mol. The SMILES string of the molecule is COC(=O)CCCCCCC/C=C/C/C(=C/CCCc1ccccc1)CO. The maximum atomic E-state index is 11.0. The van der Waals surface area contributed by atoms with E-state index in [1.54, 1.807) is 0 Å². The molecule has 0 heterocycles. The molecule has 0 atom stereocenters. The van der Waals surface area contributed by atoms with E-state index in [1.165, 1.54) is 31.9 Å². The Kier molecular flexibility index (Phi) is 14.0. The summed E-state index contributed by atoms with van der Waals surface area (Å²) in [5.74, 6) is -0.106. The number of carbonyl (C=O) groups is 1. The van der Waals surface area contributed by atoms with Crippen LogP contribution < -0.4 is 0 Å². The molecule has 0 saturated carbocycles. The van der Waals surface area contributed by atoms with Crippen LogP contribution in [0.3, 0.4) is 0 Å². The van der Waals surface area contributed by atoms with E-state index in [4.69, 9.17) is 0 Å². The summed E-state index contributed by atoms with van der Waals surface area (Å²) in [7, 11) is 1.44. The molecule has 0 spiro atoms. The molecule has 0 aliphatic carbocycles. The quantitative estimate of drug-likeness (QED) is 0.241. The summed E-state index contributed by atoms with van der Waals surface area (Å²) in [6.45, 7) is 0.149. The van der Waals surface area contributed by atoms with E-state index in [-0.39, 0.29) is 12.6 Å². The lowest BCUT2D eigenvalue weighted by atomic mass is 10.1. The zero-order valence-corrected chi connectivity index (χ0v) is 16.9. The number of hydrogen-bond donors (Lipinski definition) is 1. The molecule has 0 aliphatic rings. The fourth-order valence-corrected chi connectivity index (χ4v) is 2.99. The molecule has 1 N–H and O–H groups in total. The lowest BCUT2D eigenvalue weighted by Crippen LogP contribution is -1.99. The van der Waals surface area contributed by atoms with Crippen LogP contribution in [0.4, 0.5) is 0 Å². The van der Waals surface area contributed by atoms with Crippen molar-refractivity contribution in [1.29, 1.82) is 0 Å². The summed E-state index contributed by atoms with van der Waals surface area (Å²) in [5.41, 5.74) is 2.49. The highest BCUT2D eigenvalue weighted by Gasteiger charge is 1.99. The van der Waals surface area contributed by atoms with Gasteiger partial charge in [0.1, 0.15) is 0 Å². The molecule has 0 fully saturated rings.